The second-order valence-electron chi connectivity index (χ2n) is 10.7. The topological polar surface area (TPSA) is 283 Å². The molecule has 0 radical (unpaired) electrons. The number of nitrogens with one attached hydrogen (secondary N) is 1. The second-order valence-corrected chi connectivity index (χ2v) is 13.3. The summed E-state index contributed by atoms with van der Waals surface area (Å²) in [5.41, 5.74) is 3.32. The molecule has 250 valence electrons. The van der Waals surface area contributed by atoms with Crippen molar-refractivity contribution in [2.45, 2.75) is 29.1 Å². The maximum absolute atomic E-state index is 13.2. The molecule has 16 nitrogen and oxygen atoms in total. The average molecular weight is 698 g/mol. The Balaban J connectivity index is 1.59. The molecule has 2 aromatic rings. The minimum absolute atomic E-state index is 0.0596. The maximum atomic E-state index is 13.2. The highest BCUT2D eigenvalue weighted by molar-refractivity contribution is 7.86. The number of amides is 3. The van der Waals surface area contributed by atoms with Crippen molar-refractivity contribution in [1.82, 2.24) is 10.2 Å². The van der Waals surface area contributed by atoms with Crippen LogP contribution in [0.25, 0.3) is 33.4 Å². The first-order valence-electron chi connectivity index (χ1n) is 14.0. The Hall–Kier alpha value is -5.43. The molecule has 2 heterocycles. The van der Waals surface area contributed by atoms with E-state index >= 15 is 0 Å². The van der Waals surface area contributed by atoms with Crippen molar-refractivity contribution in [2.75, 3.05) is 18.8 Å². The summed E-state index contributed by atoms with van der Waals surface area (Å²) in [4.78, 5) is 47.8. The van der Waals surface area contributed by atoms with Crippen molar-refractivity contribution in [3.05, 3.63) is 71.1 Å². The zero-order chi connectivity index (χ0) is 35.1. The molecule has 0 aromatic heterocycles. The molecule has 0 fully saturated rings. The number of unbranched alkanes of at least 4 members (excludes halogenated alkanes) is 2. The van der Waals surface area contributed by atoms with E-state index in [4.69, 9.17) is 15.6 Å². The molecule has 48 heavy (non-hydrogen) atoms. The molecule has 0 saturated heterocycles. The van der Waals surface area contributed by atoms with Crippen LogP contribution in [0.5, 0.6) is 0 Å². The van der Waals surface area contributed by atoms with Gasteiger partial charge in [-0.25, -0.2) is 21.6 Å². The first-order valence-corrected chi connectivity index (χ1v) is 16.8. The summed E-state index contributed by atoms with van der Waals surface area (Å²) in [6.45, 7) is 0.380. The molecule has 1 aliphatic carbocycles. The SMILES string of the molecule is Nc1ccc2c(-c3cc(C(=O)NCCCCCN4C(=O)C=CC4=O)ccc3C(=O)O)c3ccc(=[NH2+])c(S(=O)(=O)[O-])c-3oc2c1S(=O)(=O)[O-]. The second kappa shape index (κ2) is 12.6. The zero-order valence-corrected chi connectivity index (χ0v) is 26.2. The molecule has 3 amide bonds. The Morgan fingerprint density at radius 3 is 2.19 bits per heavy atom. The van der Waals surface area contributed by atoms with Crippen LogP contribution in [-0.4, -0.2) is 72.7 Å². The van der Waals surface area contributed by atoms with Crippen LogP contribution >= 0.6 is 0 Å². The van der Waals surface area contributed by atoms with Crippen LogP contribution in [0.4, 0.5) is 5.69 Å². The van der Waals surface area contributed by atoms with E-state index in [0.29, 0.717) is 19.3 Å². The molecule has 2 aliphatic heterocycles. The molecule has 3 aliphatic rings. The number of aromatic carboxylic acids is 1. The molecular formula is C30H25N4O12S2-. The van der Waals surface area contributed by atoms with E-state index in [-0.39, 0.29) is 40.7 Å². The van der Waals surface area contributed by atoms with Gasteiger partial charge in [-0.15, -0.1) is 0 Å². The Kier molecular flexibility index (Phi) is 8.93. The lowest BCUT2D eigenvalue weighted by atomic mass is 9.89. The summed E-state index contributed by atoms with van der Waals surface area (Å²) in [6.07, 6.45) is 3.87. The van der Waals surface area contributed by atoms with Crippen molar-refractivity contribution in [1.29, 1.82) is 0 Å². The Morgan fingerprint density at radius 1 is 0.896 bits per heavy atom. The van der Waals surface area contributed by atoms with Gasteiger partial charge in [-0.05, 0) is 61.2 Å². The van der Waals surface area contributed by atoms with Crippen LogP contribution in [0, 0.1) is 0 Å². The lowest BCUT2D eigenvalue weighted by Crippen LogP contribution is -2.47. The third kappa shape index (κ3) is 6.41. The first-order chi connectivity index (χ1) is 22.5. The highest BCUT2D eigenvalue weighted by Gasteiger charge is 2.30. The predicted molar refractivity (Wildman–Crippen MR) is 163 cm³/mol. The van der Waals surface area contributed by atoms with E-state index in [1.807, 2.05) is 0 Å². The van der Waals surface area contributed by atoms with Crippen molar-refractivity contribution >= 4 is 60.6 Å². The van der Waals surface area contributed by atoms with Crippen LogP contribution in [0.15, 0.2) is 68.8 Å². The van der Waals surface area contributed by atoms with E-state index in [1.165, 1.54) is 30.4 Å². The van der Waals surface area contributed by atoms with Gasteiger partial charge in [0.25, 0.3) is 17.7 Å². The smallest absolute Gasteiger partial charge is 0.336 e. The van der Waals surface area contributed by atoms with Crippen molar-refractivity contribution in [2.24, 2.45) is 0 Å². The Labute approximate surface area is 271 Å². The lowest BCUT2D eigenvalue weighted by Gasteiger charge is -2.22. The van der Waals surface area contributed by atoms with Crippen LogP contribution in [-0.2, 0) is 29.8 Å². The summed E-state index contributed by atoms with van der Waals surface area (Å²) in [6, 6.07) is 7.97. The molecule has 18 heteroatoms. The highest BCUT2D eigenvalue weighted by Crippen LogP contribution is 2.45. The number of carbonyl (C=O) groups is 4. The molecule has 2 aromatic carbocycles. The number of nitrogens with zero attached hydrogens (tertiary/aromatic N) is 1. The van der Waals surface area contributed by atoms with E-state index in [0.717, 1.165) is 29.2 Å². The van der Waals surface area contributed by atoms with Crippen molar-refractivity contribution in [3.63, 3.8) is 0 Å². The first kappa shape index (κ1) is 33.9. The standard InChI is InChI=1S/C30H26N4O12S2/c31-20-8-6-17-24(18-7-9-21(32)28(48(43,44)45)26(18)46-25(17)27(20)47(40,41)42)19-14-15(4-5-16(19)30(38)39)29(37)33-12-2-1-3-13-34-22(35)10-11-23(34)36/h4-11,14,31H,1-3,12-13,32H2,(H,33,37)(H,38,39)(H,40,41,42)(H,43,44,45)/p-1. The Bertz CT molecular complexity index is 2310. The number of carboxylic acids is 1. The van der Waals surface area contributed by atoms with Gasteiger partial charge >= 0.3 is 5.97 Å². The number of benzene rings is 3. The van der Waals surface area contributed by atoms with Crippen LogP contribution < -0.4 is 21.8 Å². The summed E-state index contributed by atoms with van der Waals surface area (Å²) < 4.78 is 79.4. The number of nitrogen functional groups attached to an aromatic ring is 1. The van der Waals surface area contributed by atoms with Gasteiger partial charge in [0.1, 0.15) is 25.1 Å². The van der Waals surface area contributed by atoms with Crippen molar-refractivity contribution in [3.8, 4) is 22.5 Å². The highest BCUT2D eigenvalue weighted by atomic mass is 32.2. The largest absolute Gasteiger partial charge is 0.744 e. The average Bonchev–Trinajstić information content (AvgIpc) is 3.31. The number of carbonyl (C=O) groups excluding carboxylic acids is 3. The number of carboxylic acid groups (broad SMARTS) is 1. The zero-order valence-electron chi connectivity index (χ0n) is 24.6. The number of anilines is 1. The molecule has 0 bridgehead atoms. The number of hydrogen-bond acceptors (Lipinski definition) is 12. The van der Waals surface area contributed by atoms with Crippen LogP contribution in [0.1, 0.15) is 40.0 Å². The van der Waals surface area contributed by atoms with Crippen LogP contribution in [0.2, 0.25) is 0 Å². The molecule has 5 rings (SSSR count). The fraction of sp³-hybridized carbons (Fsp3) is 0.167. The number of imide groups is 1. The van der Waals surface area contributed by atoms with Gasteiger partial charge in [-0.3, -0.25) is 24.7 Å². The summed E-state index contributed by atoms with van der Waals surface area (Å²) >= 11 is 0. The molecular weight excluding hydrogens is 672 g/mol. The van der Waals surface area contributed by atoms with E-state index in [2.05, 4.69) is 5.32 Å². The minimum Gasteiger partial charge on any atom is -0.744 e. The summed E-state index contributed by atoms with van der Waals surface area (Å²) in [7, 11) is -10.8. The van der Waals surface area contributed by atoms with Gasteiger partial charge in [0.2, 0.25) is 5.36 Å². The quantitative estimate of drug-likeness (QED) is 0.0519. The fourth-order valence-electron chi connectivity index (χ4n) is 5.41. The van der Waals surface area contributed by atoms with Gasteiger partial charge < -0.3 is 29.7 Å². The van der Waals surface area contributed by atoms with Gasteiger partial charge in [0.15, 0.2) is 16.2 Å². The predicted octanol–water partition coefficient (Wildman–Crippen LogP) is -0.222. The van der Waals surface area contributed by atoms with Gasteiger partial charge in [0, 0.05) is 53.4 Å². The molecule has 0 saturated carbocycles. The van der Waals surface area contributed by atoms with Gasteiger partial charge in [-0.2, -0.15) is 0 Å². The van der Waals surface area contributed by atoms with Gasteiger partial charge in [-0.1, -0.05) is 0 Å². The fourth-order valence-corrected chi connectivity index (χ4v) is 6.88. The third-order valence-electron chi connectivity index (χ3n) is 7.55. The number of hydrogen-bond donors (Lipinski definition) is 4. The lowest BCUT2D eigenvalue weighted by molar-refractivity contribution is -0.176. The van der Waals surface area contributed by atoms with Gasteiger partial charge in [0.05, 0.1) is 11.3 Å². The maximum Gasteiger partial charge on any atom is 0.336 e. The number of fused-ring (bicyclic) bond motifs is 2. The molecule has 0 unspecified atom stereocenters. The summed E-state index contributed by atoms with van der Waals surface area (Å²) in [5, 5.41) is 17.8. The molecule has 6 N–H and O–H groups in total. The third-order valence-corrected chi connectivity index (χ3v) is 9.40. The number of rotatable bonds is 11. The Morgan fingerprint density at radius 2 is 1.56 bits per heavy atom. The van der Waals surface area contributed by atoms with E-state index in [9.17, 15) is 50.2 Å². The van der Waals surface area contributed by atoms with Crippen molar-refractivity contribution < 1.29 is 60.1 Å². The normalized spacial score (nSPS) is 13.5. The minimum atomic E-state index is -5.41. The molecule has 0 atom stereocenters. The van der Waals surface area contributed by atoms with E-state index in [1.54, 1.807) is 0 Å². The van der Waals surface area contributed by atoms with E-state index < -0.39 is 81.7 Å². The summed E-state index contributed by atoms with van der Waals surface area (Å²) in [5.74, 6) is -3.71. The van der Waals surface area contributed by atoms with Crippen LogP contribution in [0.3, 0.4) is 0 Å². The molecule has 0 spiro atoms. The monoisotopic (exact) mass is 697 g/mol. The number of nitrogens with two attached hydrogens (primary N) is 2.